The Morgan fingerprint density at radius 2 is 2.00 bits per heavy atom. The first-order chi connectivity index (χ1) is 5.84. The average molecular weight is 169 g/mol. The lowest BCUT2D eigenvalue weighted by molar-refractivity contribution is 0.238. The largest absolute Gasteiger partial charge is 0.320 e. The van der Waals surface area contributed by atoms with E-state index in [2.05, 4.69) is 12.2 Å². The Morgan fingerprint density at radius 1 is 1.25 bits per heavy atom. The summed E-state index contributed by atoms with van der Waals surface area (Å²) in [7, 11) is 2.05. The molecule has 1 aliphatic carbocycles. The maximum absolute atomic E-state index is 3.22. The summed E-state index contributed by atoms with van der Waals surface area (Å²) in [5, 5.41) is 3.22. The molecular formula is C11H23N. The summed E-state index contributed by atoms with van der Waals surface area (Å²) in [5.41, 5.74) is 0. The zero-order valence-electron chi connectivity index (χ0n) is 8.60. The highest BCUT2D eigenvalue weighted by atomic mass is 14.8. The molecule has 0 saturated heterocycles. The van der Waals surface area contributed by atoms with Crippen molar-refractivity contribution in [2.45, 2.75) is 45.4 Å². The standard InChI is InChI=1S/C11H23N/c1-10-6-3-4-7-11(10)8-5-9-12-2/h10-12H,3-9H2,1-2H3. The molecule has 2 unspecified atom stereocenters. The monoisotopic (exact) mass is 169 g/mol. The Balaban J connectivity index is 2.11. The molecule has 0 radical (unpaired) electrons. The average Bonchev–Trinajstić information content (AvgIpc) is 2.09. The highest BCUT2D eigenvalue weighted by Gasteiger charge is 2.20. The van der Waals surface area contributed by atoms with Crippen LogP contribution in [0, 0.1) is 11.8 Å². The summed E-state index contributed by atoms with van der Waals surface area (Å²) in [6.45, 7) is 3.63. The third kappa shape index (κ3) is 3.14. The van der Waals surface area contributed by atoms with Gasteiger partial charge in [-0.2, -0.15) is 0 Å². The van der Waals surface area contributed by atoms with Crippen LogP contribution in [0.1, 0.15) is 45.4 Å². The molecule has 0 aliphatic heterocycles. The minimum atomic E-state index is 0.996. The third-order valence-corrected chi connectivity index (χ3v) is 3.29. The molecule has 1 aliphatic rings. The number of hydrogen-bond acceptors (Lipinski definition) is 1. The van der Waals surface area contributed by atoms with Gasteiger partial charge in [-0.15, -0.1) is 0 Å². The molecule has 1 fully saturated rings. The summed E-state index contributed by atoms with van der Waals surface area (Å²) in [5.74, 6) is 2.03. The lowest BCUT2D eigenvalue weighted by atomic mass is 9.78. The zero-order valence-corrected chi connectivity index (χ0v) is 8.60. The van der Waals surface area contributed by atoms with Gasteiger partial charge in [-0.25, -0.2) is 0 Å². The predicted octanol–water partition coefficient (Wildman–Crippen LogP) is 2.81. The van der Waals surface area contributed by atoms with Gasteiger partial charge in [0.15, 0.2) is 0 Å². The van der Waals surface area contributed by atoms with Gasteiger partial charge in [0.2, 0.25) is 0 Å². The first-order valence-electron chi connectivity index (χ1n) is 5.49. The normalized spacial score (nSPS) is 30.5. The minimum Gasteiger partial charge on any atom is -0.320 e. The van der Waals surface area contributed by atoms with Gasteiger partial charge in [-0.3, -0.25) is 0 Å². The second kappa shape index (κ2) is 5.58. The summed E-state index contributed by atoms with van der Waals surface area (Å²) in [4.78, 5) is 0. The molecule has 1 N–H and O–H groups in total. The van der Waals surface area contributed by atoms with Crippen LogP contribution in [0.4, 0.5) is 0 Å². The van der Waals surface area contributed by atoms with Crippen LogP contribution in [0.15, 0.2) is 0 Å². The molecule has 0 heterocycles. The van der Waals surface area contributed by atoms with Crippen LogP contribution in [-0.4, -0.2) is 13.6 Å². The fourth-order valence-electron chi connectivity index (χ4n) is 2.36. The second-order valence-corrected chi connectivity index (χ2v) is 4.27. The molecule has 2 atom stereocenters. The molecule has 0 spiro atoms. The summed E-state index contributed by atoms with van der Waals surface area (Å²) < 4.78 is 0. The van der Waals surface area contributed by atoms with Crippen LogP contribution in [0.5, 0.6) is 0 Å². The summed E-state index contributed by atoms with van der Waals surface area (Å²) in [6, 6.07) is 0. The van der Waals surface area contributed by atoms with E-state index in [1.54, 1.807) is 0 Å². The van der Waals surface area contributed by atoms with E-state index >= 15 is 0 Å². The predicted molar refractivity (Wildman–Crippen MR) is 54.3 cm³/mol. The van der Waals surface area contributed by atoms with Crippen molar-refractivity contribution in [3.8, 4) is 0 Å². The SMILES string of the molecule is CNCCCC1CCCCC1C. The van der Waals surface area contributed by atoms with E-state index in [1.165, 1.54) is 45.1 Å². The fraction of sp³-hybridized carbons (Fsp3) is 1.00. The van der Waals surface area contributed by atoms with Crippen LogP contribution in [-0.2, 0) is 0 Å². The van der Waals surface area contributed by atoms with Crippen molar-refractivity contribution in [1.82, 2.24) is 5.32 Å². The van der Waals surface area contributed by atoms with Crippen LogP contribution in [0.25, 0.3) is 0 Å². The van der Waals surface area contributed by atoms with Crippen molar-refractivity contribution in [2.75, 3.05) is 13.6 Å². The van der Waals surface area contributed by atoms with Crippen LogP contribution in [0.2, 0.25) is 0 Å². The lowest BCUT2D eigenvalue weighted by Gasteiger charge is -2.28. The summed E-state index contributed by atoms with van der Waals surface area (Å²) >= 11 is 0. The fourth-order valence-corrected chi connectivity index (χ4v) is 2.36. The molecule has 0 bridgehead atoms. The molecule has 72 valence electrons. The van der Waals surface area contributed by atoms with Crippen molar-refractivity contribution in [3.63, 3.8) is 0 Å². The maximum atomic E-state index is 3.22. The van der Waals surface area contributed by atoms with Crippen LogP contribution in [0.3, 0.4) is 0 Å². The first kappa shape index (κ1) is 10.0. The molecule has 0 amide bonds. The van der Waals surface area contributed by atoms with Gasteiger partial charge in [-0.05, 0) is 38.3 Å². The van der Waals surface area contributed by atoms with Gasteiger partial charge in [0.25, 0.3) is 0 Å². The van der Waals surface area contributed by atoms with E-state index in [4.69, 9.17) is 0 Å². The Labute approximate surface area is 76.9 Å². The van der Waals surface area contributed by atoms with E-state index in [-0.39, 0.29) is 0 Å². The Bertz CT molecular complexity index is 112. The van der Waals surface area contributed by atoms with E-state index in [9.17, 15) is 0 Å². The molecule has 0 aromatic heterocycles. The van der Waals surface area contributed by atoms with Gasteiger partial charge in [0.05, 0.1) is 0 Å². The lowest BCUT2D eigenvalue weighted by Crippen LogP contribution is -2.18. The first-order valence-corrected chi connectivity index (χ1v) is 5.49. The smallest absolute Gasteiger partial charge is 0.00518 e. The van der Waals surface area contributed by atoms with E-state index in [0.29, 0.717) is 0 Å². The van der Waals surface area contributed by atoms with Crippen LogP contribution >= 0.6 is 0 Å². The Hall–Kier alpha value is -0.0400. The third-order valence-electron chi connectivity index (χ3n) is 3.29. The zero-order chi connectivity index (χ0) is 8.81. The molecule has 12 heavy (non-hydrogen) atoms. The van der Waals surface area contributed by atoms with Gasteiger partial charge in [0, 0.05) is 0 Å². The van der Waals surface area contributed by atoms with Gasteiger partial charge in [0.1, 0.15) is 0 Å². The number of rotatable bonds is 4. The summed E-state index contributed by atoms with van der Waals surface area (Å²) in [6.07, 6.45) is 8.74. The Kier molecular flexibility index (Phi) is 4.67. The molecule has 1 heteroatoms. The van der Waals surface area contributed by atoms with Crippen molar-refractivity contribution in [1.29, 1.82) is 0 Å². The molecule has 0 aromatic carbocycles. The van der Waals surface area contributed by atoms with Gasteiger partial charge >= 0.3 is 0 Å². The van der Waals surface area contributed by atoms with E-state index < -0.39 is 0 Å². The molecule has 1 nitrogen and oxygen atoms in total. The molecular weight excluding hydrogens is 146 g/mol. The van der Waals surface area contributed by atoms with Crippen molar-refractivity contribution < 1.29 is 0 Å². The van der Waals surface area contributed by atoms with Crippen LogP contribution < -0.4 is 5.32 Å². The van der Waals surface area contributed by atoms with Crippen molar-refractivity contribution in [3.05, 3.63) is 0 Å². The second-order valence-electron chi connectivity index (χ2n) is 4.27. The van der Waals surface area contributed by atoms with Crippen molar-refractivity contribution in [2.24, 2.45) is 11.8 Å². The highest BCUT2D eigenvalue weighted by molar-refractivity contribution is 4.72. The number of nitrogens with one attached hydrogen (secondary N) is 1. The molecule has 0 aromatic rings. The van der Waals surface area contributed by atoms with Gasteiger partial charge in [-0.1, -0.05) is 32.6 Å². The Morgan fingerprint density at radius 3 is 2.67 bits per heavy atom. The van der Waals surface area contributed by atoms with E-state index in [0.717, 1.165) is 11.8 Å². The minimum absolute atomic E-state index is 0.996. The quantitative estimate of drug-likeness (QED) is 0.638. The van der Waals surface area contributed by atoms with E-state index in [1.807, 2.05) is 7.05 Å². The maximum Gasteiger partial charge on any atom is -0.00518 e. The topological polar surface area (TPSA) is 12.0 Å². The molecule has 1 rings (SSSR count). The number of hydrogen-bond donors (Lipinski definition) is 1. The van der Waals surface area contributed by atoms with Gasteiger partial charge < -0.3 is 5.32 Å². The van der Waals surface area contributed by atoms with Crippen molar-refractivity contribution >= 4 is 0 Å². The highest BCUT2D eigenvalue weighted by Crippen LogP contribution is 2.32. The molecule has 1 saturated carbocycles.